The van der Waals surface area contributed by atoms with E-state index >= 15 is 0 Å². The summed E-state index contributed by atoms with van der Waals surface area (Å²) in [5.41, 5.74) is 1.10. The highest BCUT2D eigenvalue weighted by Crippen LogP contribution is 2.27. The Balaban J connectivity index is 1.96. The van der Waals surface area contributed by atoms with E-state index in [-0.39, 0.29) is 17.5 Å². The van der Waals surface area contributed by atoms with E-state index in [4.69, 9.17) is 4.74 Å². The normalized spacial score (nSPS) is 18.1. The van der Waals surface area contributed by atoms with E-state index in [9.17, 15) is 4.39 Å². The third-order valence-electron chi connectivity index (χ3n) is 4.07. The van der Waals surface area contributed by atoms with Crippen molar-refractivity contribution >= 4 is 0 Å². The minimum absolute atomic E-state index is 0.00887. The minimum atomic E-state index is -0.197. The van der Waals surface area contributed by atoms with Crippen LogP contribution in [0.1, 0.15) is 58.1 Å². The van der Waals surface area contributed by atoms with Crippen molar-refractivity contribution in [3.8, 4) is 0 Å². The molecule has 1 aromatic rings. The average molecular weight is 293 g/mol. The van der Waals surface area contributed by atoms with Crippen LogP contribution in [0.3, 0.4) is 0 Å². The molecule has 1 N–H and O–H groups in total. The predicted octanol–water partition coefficient (Wildman–Crippen LogP) is 4.46. The fourth-order valence-corrected chi connectivity index (χ4v) is 2.78. The molecule has 0 bridgehead atoms. The molecule has 1 aromatic carbocycles. The quantitative estimate of drug-likeness (QED) is 0.836. The molecule has 1 unspecified atom stereocenters. The molecule has 1 atom stereocenters. The van der Waals surface area contributed by atoms with Gasteiger partial charge in [-0.2, -0.15) is 0 Å². The molecule has 2 nitrogen and oxygen atoms in total. The van der Waals surface area contributed by atoms with Gasteiger partial charge in [0.25, 0.3) is 0 Å². The van der Waals surface area contributed by atoms with E-state index in [0.29, 0.717) is 5.92 Å². The zero-order chi connectivity index (χ0) is 15.3. The van der Waals surface area contributed by atoms with Crippen LogP contribution in [0.15, 0.2) is 24.3 Å². The maximum atomic E-state index is 13.1. The molecule has 1 fully saturated rings. The molecule has 1 aliphatic carbocycles. The van der Waals surface area contributed by atoms with Crippen molar-refractivity contribution in [3.63, 3.8) is 0 Å². The molecule has 2 rings (SSSR count). The molecule has 0 aromatic heterocycles. The molecular weight excluding hydrogens is 265 g/mol. The van der Waals surface area contributed by atoms with Crippen molar-refractivity contribution in [2.75, 3.05) is 13.2 Å². The molecule has 0 aliphatic heterocycles. The van der Waals surface area contributed by atoms with Gasteiger partial charge in [0.05, 0.1) is 12.7 Å². The summed E-state index contributed by atoms with van der Waals surface area (Å²) in [4.78, 5) is 0. The largest absolute Gasteiger partial charge is 0.372 e. The van der Waals surface area contributed by atoms with Gasteiger partial charge in [-0.05, 0) is 57.2 Å². The molecule has 0 radical (unpaired) electrons. The van der Waals surface area contributed by atoms with E-state index in [1.165, 1.54) is 37.8 Å². The highest BCUT2D eigenvalue weighted by molar-refractivity contribution is 5.19. The van der Waals surface area contributed by atoms with E-state index in [2.05, 4.69) is 26.1 Å². The minimum Gasteiger partial charge on any atom is -0.372 e. The highest BCUT2D eigenvalue weighted by Gasteiger charge is 2.20. The van der Waals surface area contributed by atoms with Crippen LogP contribution in [0, 0.1) is 11.7 Å². The summed E-state index contributed by atoms with van der Waals surface area (Å²) in [6, 6.07) is 6.69. The maximum Gasteiger partial charge on any atom is 0.123 e. The number of ether oxygens (including phenoxy) is 1. The van der Waals surface area contributed by atoms with Gasteiger partial charge in [-0.1, -0.05) is 25.0 Å². The van der Waals surface area contributed by atoms with Crippen molar-refractivity contribution in [1.82, 2.24) is 5.32 Å². The first kappa shape index (κ1) is 16.4. The lowest BCUT2D eigenvalue weighted by molar-refractivity contribution is 0.0260. The fraction of sp³-hybridized carbons (Fsp3) is 0.667. The SMILES string of the molecule is CC(C)(C)NCC(OCC1CCCC1)c1ccc(F)cc1. The van der Waals surface area contributed by atoms with Crippen molar-refractivity contribution < 1.29 is 9.13 Å². The Hall–Kier alpha value is -0.930. The molecule has 0 amide bonds. The molecule has 21 heavy (non-hydrogen) atoms. The lowest BCUT2D eigenvalue weighted by Gasteiger charge is -2.26. The molecule has 0 spiro atoms. The molecular formula is C18H28FNO. The predicted molar refractivity (Wildman–Crippen MR) is 84.8 cm³/mol. The first-order valence-electron chi connectivity index (χ1n) is 8.06. The fourth-order valence-electron chi connectivity index (χ4n) is 2.78. The Kier molecular flexibility index (Phi) is 5.77. The van der Waals surface area contributed by atoms with Gasteiger partial charge in [0.2, 0.25) is 0 Å². The van der Waals surface area contributed by atoms with Crippen LogP contribution in [-0.4, -0.2) is 18.7 Å². The highest BCUT2D eigenvalue weighted by atomic mass is 19.1. The maximum absolute atomic E-state index is 13.1. The average Bonchev–Trinajstić information content (AvgIpc) is 2.92. The Bertz CT molecular complexity index is 418. The van der Waals surface area contributed by atoms with Crippen molar-refractivity contribution in [1.29, 1.82) is 0 Å². The first-order chi connectivity index (χ1) is 9.94. The number of halogens is 1. The summed E-state index contributed by atoms with van der Waals surface area (Å²) in [7, 11) is 0. The number of nitrogens with one attached hydrogen (secondary N) is 1. The van der Waals surface area contributed by atoms with E-state index in [0.717, 1.165) is 18.7 Å². The second kappa shape index (κ2) is 7.37. The smallest absolute Gasteiger partial charge is 0.123 e. The van der Waals surface area contributed by atoms with Crippen LogP contribution < -0.4 is 5.32 Å². The number of hydrogen-bond acceptors (Lipinski definition) is 2. The summed E-state index contributed by atoms with van der Waals surface area (Å²) >= 11 is 0. The van der Waals surface area contributed by atoms with Crippen LogP contribution in [0.2, 0.25) is 0 Å². The van der Waals surface area contributed by atoms with Crippen molar-refractivity contribution in [2.24, 2.45) is 5.92 Å². The lowest BCUT2D eigenvalue weighted by atomic mass is 10.1. The third-order valence-corrected chi connectivity index (χ3v) is 4.07. The Morgan fingerprint density at radius 3 is 2.38 bits per heavy atom. The molecule has 1 aliphatic rings. The second-order valence-corrected chi connectivity index (χ2v) is 7.15. The summed E-state index contributed by atoms with van der Waals surface area (Å²) in [5.74, 6) is 0.500. The van der Waals surface area contributed by atoms with Gasteiger partial charge in [-0.3, -0.25) is 0 Å². The first-order valence-corrected chi connectivity index (χ1v) is 8.06. The Labute approximate surface area is 128 Å². The molecule has 118 valence electrons. The van der Waals surface area contributed by atoms with Gasteiger partial charge in [-0.15, -0.1) is 0 Å². The Morgan fingerprint density at radius 2 is 1.81 bits per heavy atom. The monoisotopic (exact) mass is 293 g/mol. The van der Waals surface area contributed by atoms with Gasteiger partial charge in [0.15, 0.2) is 0 Å². The van der Waals surface area contributed by atoms with Crippen molar-refractivity contribution in [3.05, 3.63) is 35.6 Å². The van der Waals surface area contributed by atoms with Crippen LogP contribution >= 0.6 is 0 Å². The van der Waals surface area contributed by atoms with Crippen LogP contribution in [-0.2, 0) is 4.74 Å². The number of hydrogen-bond donors (Lipinski definition) is 1. The summed E-state index contributed by atoms with van der Waals surface area (Å²) in [5, 5.41) is 3.49. The van der Waals surface area contributed by atoms with Crippen LogP contribution in [0.5, 0.6) is 0 Å². The molecule has 0 heterocycles. The summed E-state index contributed by atoms with van der Waals surface area (Å²) in [6.07, 6.45) is 5.21. The summed E-state index contributed by atoms with van der Waals surface area (Å²) in [6.45, 7) is 8.00. The van der Waals surface area contributed by atoms with Gasteiger partial charge in [-0.25, -0.2) is 4.39 Å². The topological polar surface area (TPSA) is 21.3 Å². The van der Waals surface area contributed by atoms with Crippen LogP contribution in [0.25, 0.3) is 0 Å². The Morgan fingerprint density at radius 1 is 1.19 bits per heavy atom. The van der Waals surface area contributed by atoms with Crippen molar-refractivity contribution in [2.45, 2.75) is 58.1 Å². The third kappa shape index (κ3) is 5.76. The number of rotatable bonds is 6. The molecule has 0 saturated heterocycles. The van der Waals surface area contributed by atoms with Gasteiger partial charge >= 0.3 is 0 Å². The molecule has 1 saturated carbocycles. The van der Waals surface area contributed by atoms with Gasteiger partial charge in [0, 0.05) is 12.1 Å². The lowest BCUT2D eigenvalue weighted by Crippen LogP contribution is -2.39. The number of benzene rings is 1. The van der Waals surface area contributed by atoms with Crippen LogP contribution in [0.4, 0.5) is 4.39 Å². The van der Waals surface area contributed by atoms with Gasteiger partial charge in [0.1, 0.15) is 5.82 Å². The van der Waals surface area contributed by atoms with E-state index in [1.54, 1.807) is 0 Å². The van der Waals surface area contributed by atoms with E-state index in [1.807, 2.05) is 12.1 Å². The second-order valence-electron chi connectivity index (χ2n) is 7.15. The van der Waals surface area contributed by atoms with E-state index < -0.39 is 0 Å². The zero-order valence-corrected chi connectivity index (χ0v) is 13.5. The molecule has 3 heteroatoms. The zero-order valence-electron chi connectivity index (χ0n) is 13.5. The van der Waals surface area contributed by atoms with Gasteiger partial charge < -0.3 is 10.1 Å². The standard InChI is InChI=1S/C18H28FNO/c1-18(2,3)20-12-17(15-8-10-16(19)11-9-15)21-13-14-6-4-5-7-14/h8-11,14,17,20H,4-7,12-13H2,1-3H3. The summed E-state index contributed by atoms with van der Waals surface area (Å²) < 4.78 is 19.3.